The van der Waals surface area contributed by atoms with E-state index in [1.54, 1.807) is 0 Å². The minimum absolute atomic E-state index is 0.145. The Morgan fingerprint density at radius 1 is 1.00 bits per heavy atom. The van der Waals surface area contributed by atoms with Crippen molar-refractivity contribution < 1.29 is 4.74 Å². The Hall–Kier alpha value is -2.53. The molecule has 2 aromatic rings. The molecule has 3 aliphatic heterocycles. The van der Waals surface area contributed by atoms with Crippen LogP contribution in [0.1, 0.15) is 11.1 Å². The summed E-state index contributed by atoms with van der Waals surface area (Å²) >= 11 is 6.14. The molecule has 30 heavy (non-hydrogen) atoms. The minimum atomic E-state index is 0.145. The molecule has 3 aliphatic rings. The van der Waals surface area contributed by atoms with Crippen molar-refractivity contribution in [3.05, 3.63) is 100 Å². The van der Waals surface area contributed by atoms with Crippen molar-refractivity contribution in [2.75, 3.05) is 32.8 Å². The van der Waals surface area contributed by atoms with Gasteiger partial charge in [-0.05, 0) is 41.3 Å². The Labute approximate surface area is 183 Å². The molecule has 1 fully saturated rings. The van der Waals surface area contributed by atoms with E-state index in [1.807, 2.05) is 12.1 Å². The van der Waals surface area contributed by atoms with Gasteiger partial charge in [-0.3, -0.25) is 4.90 Å². The van der Waals surface area contributed by atoms with Gasteiger partial charge in [0.1, 0.15) is 6.17 Å². The van der Waals surface area contributed by atoms with Crippen LogP contribution >= 0.6 is 11.6 Å². The zero-order valence-electron chi connectivity index (χ0n) is 16.9. The number of allylic oxidation sites excluding steroid dienone is 2. The van der Waals surface area contributed by atoms with Crippen molar-refractivity contribution in [3.8, 4) is 0 Å². The summed E-state index contributed by atoms with van der Waals surface area (Å²) in [4.78, 5) is 4.87. The molecule has 154 valence electrons. The second-order valence-electron chi connectivity index (χ2n) is 7.94. The summed E-state index contributed by atoms with van der Waals surface area (Å²) in [6, 6.07) is 18.8. The largest absolute Gasteiger partial charge is 0.379 e. The first kappa shape index (κ1) is 19.4. The number of hydrogen-bond donors (Lipinski definition) is 1. The third kappa shape index (κ3) is 4.17. The van der Waals surface area contributed by atoms with E-state index in [1.165, 1.54) is 28.1 Å². The van der Waals surface area contributed by atoms with Gasteiger partial charge in [0, 0.05) is 30.9 Å². The van der Waals surface area contributed by atoms with Crippen LogP contribution in [-0.2, 0) is 11.2 Å². The molecule has 1 atom stereocenters. The standard InChI is InChI=1S/C25H26ClN3O/c26-22-9-7-21(8-10-22)25-23(18-28-12-14-30-15-13-28)29-17-20(6-11-24(29)27-25)16-19-4-2-1-3-5-19/h1-11,17,24,27H,12-16,18H2. The molecule has 0 bridgehead atoms. The van der Waals surface area contributed by atoms with Crippen molar-refractivity contribution in [1.29, 1.82) is 0 Å². The van der Waals surface area contributed by atoms with Gasteiger partial charge in [-0.25, -0.2) is 0 Å². The van der Waals surface area contributed by atoms with Crippen molar-refractivity contribution >= 4 is 17.3 Å². The van der Waals surface area contributed by atoms with E-state index in [-0.39, 0.29) is 6.17 Å². The van der Waals surface area contributed by atoms with Crippen LogP contribution in [0.4, 0.5) is 0 Å². The second kappa shape index (κ2) is 8.68. The third-order valence-electron chi connectivity index (χ3n) is 5.85. The maximum absolute atomic E-state index is 6.14. The summed E-state index contributed by atoms with van der Waals surface area (Å²) < 4.78 is 5.55. The minimum Gasteiger partial charge on any atom is -0.379 e. The highest BCUT2D eigenvalue weighted by molar-refractivity contribution is 6.30. The number of nitrogens with zero attached hydrogens (tertiary/aromatic N) is 2. The van der Waals surface area contributed by atoms with Gasteiger partial charge < -0.3 is 15.0 Å². The lowest BCUT2D eigenvalue weighted by Gasteiger charge is -2.32. The zero-order valence-corrected chi connectivity index (χ0v) is 17.7. The molecule has 0 radical (unpaired) electrons. The van der Waals surface area contributed by atoms with Gasteiger partial charge in [0.25, 0.3) is 0 Å². The van der Waals surface area contributed by atoms with Crippen LogP contribution in [0.2, 0.25) is 5.02 Å². The molecule has 0 saturated carbocycles. The Kier molecular flexibility index (Phi) is 5.63. The van der Waals surface area contributed by atoms with Crippen LogP contribution in [0.3, 0.4) is 0 Å². The van der Waals surface area contributed by atoms with E-state index in [0.29, 0.717) is 0 Å². The van der Waals surface area contributed by atoms with E-state index in [4.69, 9.17) is 16.3 Å². The van der Waals surface area contributed by atoms with Crippen LogP contribution < -0.4 is 5.32 Å². The molecular formula is C25H26ClN3O. The average molecular weight is 420 g/mol. The number of hydrogen-bond acceptors (Lipinski definition) is 4. The van der Waals surface area contributed by atoms with E-state index in [9.17, 15) is 0 Å². The lowest BCUT2D eigenvalue weighted by Crippen LogP contribution is -2.40. The molecule has 0 spiro atoms. The smallest absolute Gasteiger partial charge is 0.123 e. The monoisotopic (exact) mass is 419 g/mol. The maximum Gasteiger partial charge on any atom is 0.123 e. The molecule has 5 heteroatoms. The third-order valence-corrected chi connectivity index (χ3v) is 6.10. The fraction of sp³-hybridized carbons (Fsp3) is 0.280. The fourth-order valence-electron chi connectivity index (χ4n) is 4.27. The highest BCUT2D eigenvalue weighted by Gasteiger charge is 2.32. The van der Waals surface area contributed by atoms with Gasteiger partial charge in [-0.15, -0.1) is 0 Å². The van der Waals surface area contributed by atoms with E-state index in [2.05, 4.69) is 75.9 Å². The first-order valence-corrected chi connectivity index (χ1v) is 10.9. The summed E-state index contributed by atoms with van der Waals surface area (Å²) in [7, 11) is 0. The molecule has 2 aromatic carbocycles. The fourth-order valence-corrected chi connectivity index (χ4v) is 4.39. The molecule has 1 saturated heterocycles. The van der Waals surface area contributed by atoms with E-state index >= 15 is 0 Å². The molecule has 0 amide bonds. The molecule has 3 heterocycles. The second-order valence-corrected chi connectivity index (χ2v) is 8.38. The number of rotatable bonds is 5. The number of fused-ring (bicyclic) bond motifs is 1. The van der Waals surface area contributed by atoms with Crippen LogP contribution in [0, 0.1) is 0 Å². The summed E-state index contributed by atoms with van der Waals surface area (Å²) in [6.07, 6.45) is 7.90. The highest BCUT2D eigenvalue weighted by atomic mass is 35.5. The van der Waals surface area contributed by atoms with Crippen molar-refractivity contribution in [2.45, 2.75) is 12.6 Å². The van der Waals surface area contributed by atoms with Gasteiger partial charge in [0.2, 0.25) is 0 Å². The van der Waals surface area contributed by atoms with Crippen LogP contribution in [-0.4, -0.2) is 48.8 Å². The van der Waals surface area contributed by atoms with Gasteiger partial charge >= 0.3 is 0 Å². The first-order chi connectivity index (χ1) is 14.8. The predicted molar refractivity (Wildman–Crippen MR) is 122 cm³/mol. The van der Waals surface area contributed by atoms with E-state index < -0.39 is 0 Å². The lowest BCUT2D eigenvalue weighted by atomic mass is 10.0. The zero-order chi connectivity index (χ0) is 20.3. The average Bonchev–Trinajstić information content (AvgIpc) is 3.13. The molecular weight excluding hydrogens is 394 g/mol. The molecule has 5 rings (SSSR count). The Morgan fingerprint density at radius 2 is 1.77 bits per heavy atom. The van der Waals surface area contributed by atoms with Crippen molar-refractivity contribution in [2.24, 2.45) is 0 Å². The summed E-state index contributed by atoms with van der Waals surface area (Å²) in [5.74, 6) is 0. The van der Waals surface area contributed by atoms with Gasteiger partial charge in [-0.1, -0.05) is 60.1 Å². The molecule has 0 aromatic heterocycles. The number of halogens is 1. The number of morpholine rings is 1. The summed E-state index contributed by atoms with van der Waals surface area (Å²) in [5.41, 5.74) is 6.30. The van der Waals surface area contributed by atoms with Gasteiger partial charge in [0.05, 0.1) is 24.6 Å². The predicted octanol–water partition coefficient (Wildman–Crippen LogP) is 4.27. The maximum atomic E-state index is 6.14. The highest BCUT2D eigenvalue weighted by Crippen LogP contribution is 2.33. The summed E-state index contributed by atoms with van der Waals surface area (Å²) in [5, 5.41) is 4.48. The normalized spacial score (nSPS) is 21.4. The molecule has 0 aliphatic carbocycles. The van der Waals surface area contributed by atoms with Gasteiger partial charge in [0.15, 0.2) is 0 Å². The molecule has 4 nitrogen and oxygen atoms in total. The molecule has 1 unspecified atom stereocenters. The lowest BCUT2D eigenvalue weighted by molar-refractivity contribution is 0.0401. The Balaban J connectivity index is 1.46. The van der Waals surface area contributed by atoms with Crippen LogP contribution in [0.15, 0.2) is 84.2 Å². The van der Waals surface area contributed by atoms with Crippen molar-refractivity contribution in [1.82, 2.24) is 15.1 Å². The van der Waals surface area contributed by atoms with E-state index in [0.717, 1.165) is 44.3 Å². The quantitative estimate of drug-likeness (QED) is 0.783. The number of nitrogens with one attached hydrogen (secondary N) is 1. The summed E-state index contributed by atoms with van der Waals surface area (Å²) in [6.45, 7) is 4.43. The first-order valence-electron chi connectivity index (χ1n) is 10.5. The van der Waals surface area contributed by atoms with Crippen LogP contribution in [0.5, 0.6) is 0 Å². The van der Waals surface area contributed by atoms with Crippen LogP contribution in [0.25, 0.3) is 5.70 Å². The number of benzene rings is 2. The topological polar surface area (TPSA) is 27.7 Å². The van der Waals surface area contributed by atoms with Crippen molar-refractivity contribution in [3.63, 3.8) is 0 Å². The SMILES string of the molecule is Clc1ccc(C2=C(CN3CCOCC3)N3C=C(Cc4ccccc4)C=CC3N2)cc1. The van der Waals surface area contributed by atoms with Gasteiger partial charge in [-0.2, -0.15) is 0 Å². The Bertz CT molecular complexity index is 975. The molecule has 1 N–H and O–H groups in total. The number of ether oxygens (including phenoxy) is 1. The Morgan fingerprint density at radius 3 is 2.53 bits per heavy atom.